The molecule has 2 aromatic rings. The van der Waals surface area contributed by atoms with Gasteiger partial charge < -0.3 is 24.5 Å². The highest BCUT2D eigenvalue weighted by Crippen LogP contribution is 2.30. The fourth-order valence-electron chi connectivity index (χ4n) is 2.14. The minimum Gasteiger partial charge on any atom is -0.489 e. The predicted octanol–water partition coefficient (Wildman–Crippen LogP) is 1.88. The first-order chi connectivity index (χ1) is 11.5. The van der Waals surface area contributed by atoms with E-state index in [1.807, 2.05) is 6.07 Å². The van der Waals surface area contributed by atoms with E-state index < -0.39 is 11.8 Å². The maximum absolute atomic E-state index is 13.7. The Morgan fingerprint density at radius 2 is 2.12 bits per heavy atom. The van der Waals surface area contributed by atoms with Crippen molar-refractivity contribution in [1.29, 1.82) is 5.26 Å². The van der Waals surface area contributed by atoms with Crippen molar-refractivity contribution in [3.8, 4) is 17.5 Å². The molecule has 2 rings (SSSR count). The van der Waals surface area contributed by atoms with Gasteiger partial charge in [-0.2, -0.15) is 5.26 Å². The van der Waals surface area contributed by atoms with Crippen LogP contribution in [-0.2, 0) is 9.47 Å². The third-order valence-corrected chi connectivity index (χ3v) is 3.27. The van der Waals surface area contributed by atoms with Crippen LogP contribution in [-0.4, -0.2) is 38.0 Å². The number of nitrogen functional groups attached to an aromatic ring is 1. The minimum absolute atomic E-state index is 0.0450. The summed E-state index contributed by atoms with van der Waals surface area (Å²) in [6.07, 6.45) is 1.33. The minimum atomic E-state index is -0.749. The van der Waals surface area contributed by atoms with Crippen LogP contribution in [0.4, 0.5) is 10.1 Å². The second-order valence-corrected chi connectivity index (χ2v) is 4.73. The van der Waals surface area contributed by atoms with E-state index in [0.29, 0.717) is 12.4 Å². The number of hydrogen-bond donors (Lipinski definition) is 1. The zero-order valence-corrected chi connectivity index (χ0v) is 13.2. The second kappa shape index (κ2) is 7.48. The Morgan fingerprint density at radius 3 is 2.75 bits per heavy atom. The van der Waals surface area contributed by atoms with Gasteiger partial charge in [0.05, 0.1) is 30.7 Å². The fourth-order valence-corrected chi connectivity index (χ4v) is 2.14. The molecule has 2 N–H and O–H groups in total. The number of rotatable bonds is 6. The SMILES string of the molecule is COCCOc1ccc(F)cc1-n1cc(C#N)c(N)c1C(=O)OC. The van der Waals surface area contributed by atoms with Gasteiger partial charge in [-0.1, -0.05) is 0 Å². The van der Waals surface area contributed by atoms with Gasteiger partial charge in [0, 0.05) is 19.4 Å². The number of carbonyl (C=O) groups is 1. The molecule has 0 aliphatic carbocycles. The van der Waals surface area contributed by atoms with E-state index >= 15 is 0 Å². The topological polar surface area (TPSA) is 99.5 Å². The van der Waals surface area contributed by atoms with Crippen LogP contribution in [0, 0.1) is 17.1 Å². The first kappa shape index (κ1) is 17.3. The van der Waals surface area contributed by atoms with Gasteiger partial charge in [-0.05, 0) is 12.1 Å². The van der Waals surface area contributed by atoms with Gasteiger partial charge in [0.25, 0.3) is 0 Å². The Morgan fingerprint density at radius 1 is 1.38 bits per heavy atom. The molecule has 0 saturated heterocycles. The summed E-state index contributed by atoms with van der Waals surface area (Å²) >= 11 is 0. The van der Waals surface area contributed by atoms with Crippen molar-refractivity contribution in [1.82, 2.24) is 4.57 Å². The van der Waals surface area contributed by atoms with Crippen LogP contribution in [0.1, 0.15) is 16.1 Å². The Bertz CT molecular complexity index is 795. The lowest BCUT2D eigenvalue weighted by Gasteiger charge is -2.14. The Hall–Kier alpha value is -3.05. The van der Waals surface area contributed by atoms with Gasteiger partial charge in [-0.15, -0.1) is 0 Å². The van der Waals surface area contributed by atoms with Crippen LogP contribution in [0.3, 0.4) is 0 Å². The maximum atomic E-state index is 13.7. The lowest BCUT2D eigenvalue weighted by atomic mass is 10.2. The van der Waals surface area contributed by atoms with Crippen LogP contribution >= 0.6 is 0 Å². The zero-order chi connectivity index (χ0) is 17.7. The summed E-state index contributed by atoms with van der Waals surface area (Å²) in [4.78, 5) is 12.0. The number of ether oxygens (including phenoxy) is 3. The number of nitrogens with zero attached hydrogens (tertiary/aromatic N) is 2. The summed E-state index contributed by atoms with van der Waals surface area (Å²) in [6, 6.07) is 5.70. The van der Waals surface area contributed by atoms with Crippen LogP contribution in [0.2, 0.25) is 0 Å². The number of hydrogen-bond acceptors (Lipinski definition) is 6. The largest absolute Gasteiger partial charge is 0.489 e. The lowest BCUT2D eigenvalue weighted by Crippen LogP contribution is -2.13. The van der Waals surface area contributed by atoms with Crippen LogP contribution < -0.4 is 10.5 Å². The Kier molecular flexibility index (Phi) is 5.39. The van der Waals surface area contributed by atoms with Crippen molar-refractivity contribution in [2.24, 2.45) is 0 Å². The summed E-state index contributed by atoms with van der Waals surface area (Å²) in [7, 11) is 2.71. The van der Waals surface area contributed by atoms with Crippen molar-refractivity contribution in [3.05, 3.63) is 41.5 Å². The average molecular weight is 333 g/mol. The monoisotopic (exact) mass is 333 g/mol. The molecule has 0 saturated carbocycles. The molecule has 7 nitrogen and oxygen atoms in total. The van der Waals surface area contributed by atoms with E-state index in [0.717, 1.165) is 0 Å². The van der Waals surface area contributed by atoms with E-state index in [1.54, 1.807) is 0 Å². The van der Waals surface area contributed by atoms with Crippen LogP contribution in [0.25, 0.3) is 5.69 Å². The number of benzene rings is 1. The summed E-state index contributed by atoms with van der Waals surface area (Å²) < 4.78 is 30.2. The standard InChI is InChI=1S/C16H16FN3O4/c1-22-5-6-24-13-4-3-11(17)7-12(13)20-9-10(8-18)14(19)15(20)16(21)23-2/h3-4,7,9H,5-6,19H2,1-2H3. The van der Waals surface area contributed by atoms with Crippen molar-refractivity contribution >= 4 is 11.7 Å². The van der Waals surface area contributed by atoms with Crippen molar-refractivity contribution in [3.63, 3.8) is 0 Å². The summed E-state index contributed by atoms with van der Waals surface area (Å²) in [5, 5.41) is 9.14. The van der Waals surface area contributed by atoms with Crippen molar-refractivity contribution in [2.75, 3.05) is 33.2 Å². The van der Waals surface area contributed by atoms with Gasteiger partial charge in [-0.25, -0.2) is 9.18 Å². The first-order valence-electron chi connectivity index (χ1n) is 6.94. The summed E-state index contributed by atoms with van der Waals surface area (Å²) in [5.74, 6) is -0.982. The van der Waals surface area contributed by atoms with Gasteiger partial charge in [0.15, 0.2) is 5.69 Å². The van der Waals surface area contributed by atoms with E-state index in [1.165, 1.54) is 43.2 Å². The van der Waals surface area contributed by atoms with E-state index in [-0.39, 0.29) is 29.2 Å². The molecule has 0 radical (unpaired) electrons. The highest BCUT2D eigenvalue weighted by molar-refractivity contribution is 5.96. The quantitative estimate of drug-likeness (QED) is 0.640. The molecule has 0 bridgehead atoms. The number of halogens is 1. The molecule has 1 aromatic carbocycles. The van der Waals surface area contributed by atoms with E-state index in [2.05, 4.69) is 0 Å². The third kappa shape index (κ3) is 3.31. The molecule has 0 fully saturated rings. The average Bonchev–Trinajstić information content (AvgIpc) is 2.92. The van der Waals surface area contributed by atoms with Gasteiger partial charge >= 0.3 is 5.97 Å². The fraction of sp³-hybridized carbons (Fsp3) is 0.250. The highest BCUT2D eigenvalue weighted by atomic mass is 19.1. The number of esters is 1. The molecule has 8 heteroatoms. The number of nitriles is 1. The maximum Gasteiger partial charge on any atom is 0.357 e. The summed E-state index contributed by atoms with van der Waals surface area (Å²) in [5.41, 5.74) is 6.02. The first-order valence-corrected chi connectivity index (χ1v) is 6.94. The highest BCUT2D eigenvalue weighted by Gasteiger charge is 2.23. The van der Waals surface area contributed by atoms with Crippen molar-refractivity contribution < 1.29 is 23.4 Å². The number of aromatic nitrogens is 1. The van der Waals surface area contributed by atoms with Gasteiger partial charge in [0.1, 0.15) is 24.2 Å². The molecule has 0 amide bonds. The lowest BCUT2D eigenvalue weighted by molar-refractivity contribution is 0.0593. The normalized spacial score (nSPS) is 10.2. The molecule has 0 aliphatic rings. The Balaban J connectivity index is 2.61. The Labute approximate surface area is 137 Å². The van der Waals surface area contributed by atoms with Gasteiger partial charge in [-0.3, -0.25) is 0 Å². The van der Waals surface area contributed by atoms with Crippen LogP contribution in [0.15, 0.2) is 24.4 Å². The number of carbonyl (C=O) groups excluding carboxylic acids is 1. The van der Waals surface area contributed by atoms with E-state index in [4.69, 9.17) is 25.2 Å². The molecule has 0 aliphatic heterocycles. The summed E-state index contributed by atoms with van der Waals surface area (Å²) in [6.45, 7) is 0.558. The third-order valence-electron chi connectivity index (χ3n) is 3.27. The smallest absolute Gasteiger partial charge is 0.357 e. The second-order valence-electron chi connectivity index (χ2n) is 4.73. The number of methoxy groups -OCH3 is 2. The van der Waals surface area contributed by atoms with Gasteiger partial charge in [0.2, 0.25) is 0 Å². The predicted molar refractivity (Wildman–Crippen MR) is 83.6 cm³/mol. The van der Waals surface area contributed by atoms with Crippen LogP contribution in [0.5, 0.6) is 5.75 Å². The molecule has 1 heterocycles. The molecule has 24 heavy (non-hydrogen) atoms. The molecule has 126 valence electrons. The van der Waals surface area contributed by atoms with Crippen molar-refractivity contribution in [2.45, 2.75) is 0 Å². The molecule has 0 atom stereocenters. The number of nitrogens with two attached hydrogens (primary N) is 1. The molecule has 1 aromatic heterocycles. The molecule has 0 unspecified atom stereocenters. The zero-order valence-electron chi connectivity index (χ0n) is 13.2. The van der Waals surface area contributed by atoms with E-state index in [9.17, 15) is 9.18 Å². The molecular formula is C16H16FN3O4. The number of anilines is 1. The molecule has 0 spiro atoms. The molecular weight excluding hydrogens is 317 g/mol.